The Morgan fingerprint density at radius 3 is 2.77 bits per heavy atom. The monoisotopic (exact) mass is 427 g/mol. The smallest absolute Gasteiger partial charge is 0.257 e. The number of rotatable bonds is 6. The number of nitrogens with zero attached hydrogens (tertiary/aromatic N) is 2. The molecule has 0 unspecified atom stereocenters. The number of hydrogen-bond acceptors (Lipinski definition) is 4. The number of thiazole rings is 1. The molecule has 3 aromatic rings. The number of halogens is 2. The van der Waals surface area contributed by atoms with Crippen LogP contribution >= 0.6 is 11.3 Å². The van der Waals surface area contributed by atoms with Gasteiger partial charge in [0, 0.05) is 42.6 Å². The summed E-state index contributed by atoms with van der Waals surface area (Å²) in [5.41, 5.74) is 2.01. The molecule has 0 aliphatic carbocycles. The number of aromatic nitrogens is 1. The van der Waals surface area contributed by atoms with Crippen molar-refractivity contribution in [2.24, 2.45) is 0 Å². The van der Waals surface area contributed by atoms with E-state index < -0.39 is 11.6 Å². The molecule has 1 saturated heterocycles. The first-order chi connectivity index (χ1) is 14.5. The number of amides is 2. The molecule has 2 amide bonds. The Kier molecular flexibility index (Phi) is 5.85. The molecule has 1 aliphatic heterocycles. The van der Waals surface area contributed by atoms with Crippen LogP contribution in [-0.2, 0) is 17.8 Å². The maximum atomic E-state index is 13.4. The normalized spacial score (nSPS) is 13.7. The molecule has 5 nitrogen and oxygen atoms in total. The average molecular weight is 427 g/mol. The fraction of sp³-hybridized carbons (Fsp3) is 0.227. The van der Waals surface area contributed by atoms with Gasteiger partial charge in [-0.3, -0.25) is 14.9 Å². The largest absolute Gasteiger partial charge is 0.338 e. The van der Waals surface area contributed by atoms with Gasteiger partial charge in [0.2, 0.25) is 5.91 Å². The third kappa shape index (κ3) is 4.71. The molecule has 8 heteroatoms. The van der Waals surface area contributed by atoms with Crippen LogP contribution in [0.1, 0.15) is 39.2 Å². The molecule has 2 heterocycles. The Bertz CT molecular complexity index is 1100. The van der Waals surface area contributed by atoms with Crippen LogP contribution in [0, 0.1) is 11.6 Å². The predicted octanol–water partition coefficient (Wildman–Crippen LogP) is 4.39. The second-order valence-electron chi connectivity index (χ2n) is 7.13. The van der Waals surface area contributed by atoms with E-state index in [0.717, 1.165) is 35.5 Å². The van der Waals surface area contributed by atoms with Gasteiger partial charge < -0.3 is 4.90 Å². The Labute approximate surface area is 176 Å². The standard InChI is InChI=1S/C22H19F2N3O2S/c23-18-7-6-14(11-19(18)24)10-17-12-25-22(30-17)26-21(29)16-4-1-3-15(9-16)13-27-8-2-5-20(27)28/h1,3-4,6-7,9,11-12H,2,5,8,10,13H2,(H,25,26,29). The summed E-state index contributed by atoms with van der Waals surface area (Å²) in [6.07, 6.45) is 3.45. The Morgan fingerprint density at radius 1 is 1.13 bits per heavy atom. The summed E-state index contributed by atoms with van der Waals surface area (Å²) in [6, 6.07) is 10.9. The highest BCUT2D eigenvalue weighted by Gasteiger charge is 2.20. The van der Waals surface area contributed by atoms with E-state index >= 15 is 0 Å². The van der Waals surface area contributed by atoms with Crippen molar-refractivity contribution < 1.29 is 18.4 Å². The van der Waals surface area contributed by atoms with E-state index in [0.29, 0.717) is 35.6 Å². The highest BCUT2D eigenvalue weighted by atomic mass is 32.1. The quantitative estimate of drug-likeness (QED) is 0.635. The zero-order valence-electron chi connectivity index (χ0n) is 16.0. The van der Waals surface area contributed by atoms with Crippen LogP contribution in [0.4, 0.5) is 13.9 Å². The van der Waals surface area contributed by atoms with E-state index in [2.05, 4.69) is 10.3 Å². The summed E-state index contributed by atoms with van der Waals surface area (Å²) in [6.45, 7) is 1.24. The molecule has 1 aliphatic rings. The third-order valence-corrected chi connectivity index (χ3v) is 5.78. The molecule has 0 radical (unpaired) electrons. The van der Waals surface area contributed by atoms with Gasteiger partial charge in [-0.1, -0.05) is 18.2 Å². The highest BCUT2D eigenvalue weighted by molar-refractivity contribution is 7.15. The summed E-state index contributed by atoms with van der Waals surface area (Å²) in [5, 5.41) is 3.20. The van der Waals surface area contributed by atoms with Crippen molar-refractivity contribution in [3.8, 4) is 0 Å². The van der Waals surface area contributed by atoms with E-state index in [9.17, 15) is 18.4 Å². The van der Waals surface area contributed by atoms with Crippen molar-refractivity contribution in [2.45, 2.75) is 25.8 Å². The van der Waals surface area contributed by atoms with E-state index in [1.54, 1.807) is 29.3 Å². The maximum absolute atomic E-state index is 13.4. The second-order valence-corrected chi connectivity index (χ2v) is 8.25. The van der Waals surface area contributed by atoms with Gasteiger partial charge in [-0.25, -0.2) is 13.8 Å². The number of benzene rings is 2. The van der Waals surface area contributed by atoms with Gasteiger partial charge >= 0.3 is 0 Å². The lowest BCUT2D eigenvalue weighted by Gasteiger charge is -2.15. The zero-order chi connectivity index (χ0) is 21.1. The number of carbonyl (C=O) groups excluding carboxylic acids is 2. The molecule has 2 aromatic carbocycles. The van der Waals surface area contributed by atoms with Crippen molar-refractivity contribution in [1.82, 2.24) is 9.88 Å². The van der Waals surface area contributed by atoms with Crippen LogP contribution in [-0.4, -0.2) is 28.2 Å². The van der Waals surface area contributed by atoms with Gasteiger partial charge in [0.15, 0.2) is 16.8 Å². The van der Waals surface area contributed by atoms with Crippen molar-refractivity contribution in [3.05, 3.63) is 81.9 Å². The van der Waals surface area contributed by atoms with Crippen LogP contribution in [0.2, 0.25) is 0 Å². The Morgan fingerprint density at radius 2 is 2.00 bits per heavy atom. The first-order valence-electron chi connectivity index (χ1n) is 9.54. The lowest BCUT2D eigenvalue weighted by molar-refractivity contribution is -0.128. The van der Waals surface area contributed by atoms with E-state index in [-0.39, 0.29) is 11.8 Å². The molecule has 30 heavy (non-hydrogen) atoms. The minimum absolute atomic E-state index is 0.140. The molecule has 0 saturated carbocycles. The summed E-state index contributed by atoms with van der Waals surface area (Å²) < 4.78 is 26.4. The van der Waals surface area contributed by atoms with Crippen molar-refractivity contribution in [3.63, 3.8) is 0 Å². The molecule has 4 rings (SSSR count). The van der Waals surface area contributed by atoms with Gasteiger partial charge in [-0.05, 0) is 41.8 Å². The van der Waals surface area contributed by atoms with Gasteiger partial charge in [0.05, 0.1) is 0 Å². The number of anilines is 1. The summed E-state index contributed by atoms with van der Waals surface area (Å²) in [5.74, 6) is -1.92. The molecule has 0 spiro atoms. The van der Waals surface area contributed by atoms with E-state index in [4.69, 9.17) is 0 Å². The van der Waals surface area contributed by atoms with Crippen molar-refractivity contribution >= 4 is 28.3 Å². The first kappa shape index (κ1) is 20.2. The van der Waals surface area contributed by atoms with E-state index in [1.165, 1.54) is 17.4 Å². The van der Waals surface area contributed by atoms with Crippen LogP contribution in [0.5, 0.6) is 0 Å². The Balaban J connectivity index is 1.40. The summed E-state index contributed by atoms with van der Waals surface area (Å²) in [7, 11) is 0. The van der Waals surface area contributed by atoms with Gasteiger partial charge in [0.25, 0.3) is 5.91 Å². The summed E-state index contributed by atoms with van der Waals surface area (Å²) in [4.78, 5) is 31.2. The first-order valence-corrected chi connectivity index (χ1v) is 10.4. The average Bonchev–Trinajstić information content (AvgIpc) is 3.34. The molecule has 1 N–H and O–H groups in total. The Hall–Kier alpha value is -3.13. The second kappa shape index (κ2) is 8.71. The van der Waals surface area contributed by atoms with Gasteiger partial charge in [-0.15, -0.1) is 11.3 Å². The lowest BCUT2D eigenvalue weighted by Crippen LogP contribution is -2.24. The van der Waals surface area contributed by atoms with Crippen LogP contribution < -0.4 is 5.32 Å². The predicted molar refractivity (Wildman–Crippen MR) is 110 cm³/mol. The molecule has 1 aromatic heterocycles. The highest BCUT2D eigenvalue weighted by Crippen LogP contribution is 2.23. The SMILES string of the molecule is O=C(Nc1ncc(Cc2ccc(F)c(F)c2)s1)c1cccc(CN2CCCC2=O)c1. The number of carbonyl (C=O) groups is 2. The third-order valence-electron chi connectivity index (χ3n) is 4.87. The van der Waals surface area contributed by atoms with Crippen molar-refractivity contribution in [2.75, 3.05) is 11.9 Å². The van der Waals surface area contributed by atoms with Crippen LogP contribution in [0.3, 0.4) is 0 Å². The molecule has 0 bridgehead atoms. The molecule has 0 atom stereocenters. The maximum Gasteiger partial charge on any atom is 0.257 e. The lowest BCUT2D eigenvalue weighted by atomic mass is 10.1. The number of likely N-dealkylation sites (tertiary alicyclic amines) is 1. The molecule has 154 valence electrons. The zero-order valence-corrected chi connectivity index (χ0v) is 16.8. The number of nitrogens with one attached hydrogen (secondary N) is 1. The van der Waals surface area contributed by atoms with E-state index in [1.807, 2.05) is 6.07 Å². The minimum atomic E-state index is -0.888. The van der Waals surface area contributed by atoms with Crippen LogP contribution in [0.15, 0.2) is 48.7 Å². The fourth-order valence-electron chi connectivity index (χ4n) is 3.37. The molecule has 1 fully saturated rings. The fourth-order valence-corrected chi connectivity index (χ4v) is 4.21. The molecular weight excluding hydrogens is 408 g/mol. The topological polar surface area (TPSA) is 62.3 Å². The minimum Gasteiger partial charge on any atom is -0.338 e. The van der Waals surface area contributed by atoms with Gasteiger partial charge in [0.1, 0.15) is 0 Å². The van der Waals surface area contributed by atoms with Crippen LogP contribution in [0.25, 0.3) is 0 Å². The van der Waals surface area contributed by atoms with Crippen molar-refractivity contribution in [1.29, 1.82) is 0 Å². The summed E-state index contributed by atoms with van der Waals surface area (Å²) >= 11 is 1.28. The molecular formula is C22H19F2N3O2S. The number of hydrogen-bond donors (Lipinski definition) is 1. The van der Waals surface area contributed by atoms with Gasteiger partial charge in [-0.2, -0.15) is 0 Å².